The Bertz CT molecular complexity index is 970. The van der Waals surface area contributed by atoms with Gasteiger partial charge in [-0.2, -0.15) is 0 Å². The van der Waals surface area contributed by atoms with Crippen molar-refractivity contribution in [3.63, 3.8) is 0 Å². The van der Waals surface area contributed by atoms with Crippen LogP contribution >= 0.6 is 0 Å². The predicted molar refractivity (Wildman–Crippen MR) is 91.8 cm³/mol. The number of hydrogen-bond donors (Lipinski definition) is 0. The minimum atomic E-state index is -0.607. The van der Waals surface area contributed by atoms with Crippen molar-refractivity contribution in [2.75, 3.05) is 18.0 Å². The number of nitrogens with zero attached hydrogens (tertiary/aromatic N) is 3. The van der Waals surface area contributed by atoms with E-state index >= 15 is 4.39 Å². The van der Waals surface area contributed by atoms with Crippen LogP contribution in [0.15, 0.2) is 21.2 Å². The van der Waals surface area contributed by atoms with Gasteiger partial charge in [0.05, 0.1) is 23.3 Å². The van der Waals surface area contributed by atoms with Gasteiger partial charge in [-0.15, -0.1) is 0 Å². The van der Waals surface area contributed by atoms with Crippen LogP contribution in [0.25, 0.3) is 22.4 Å². The van der Waals surface area contributed by atoms with E-state index in [1.165, 1.54) is 0 Å². The number of carbonyl (C=O) groups excluding carboxylic acids is 1. The van der Waals surface area contributed by atoms with Crippen molar-refractivity contribution in [1.29, 1.82) is 0 Å². The maximum Gasteiger partial charge on any atom is 0.205 e. The van der Waals surface area contributed by atoms with Crippen LogP contribution in [0.3, 0.4) is 0 Å². The molecule has 1 fully saturated rings. The van der Waals surface area contributed by atoms with Crippen LogP contribution in [0.2, 0.25) is 0 Å². The number of fused-ring (bicyclic) bond motifs is 1. The molecule has 0 aliphatic carbocycles. The lowest BCUT2D eigenvalue weighted by molar-refractivity contribution is -0.00543. The molecule has 1 saturated heterocycles. The molecule has 136 valence electrons. The van der Waals surface area contributed by atoms with E-state index in [9.17, 15) is 4.79 Å². The van der Waals surface area contributed by atoms with Crippen LogP contribution < -0.4 is 4.90 Å². The van der Waals surface area contributed by atoms with Crippen LogP contribution in [-0.2, 0) is 4.74 Å². The lowest BCUT2D eigenvalue weighted by Crippen LogP contribution is -2.46. The lowest BCUT2D eigenvalue weighted by Gasteiger charge is -2.37. The maximum atomic E-state index is 15.3. The first kappa shape index (κ1) is 16.7. The number of anilines is 1. The molecular formula is C18H18FN3O4. The quantitative estimate of drug-likeness (QED) is 0.663. The largest absolute Gasteiger partial charge is 0.372 e. The summed E-state index contributed by atoms with van der Waals surface area (Å²) in [7, 11) is 0. The summed E-state index contributed by atoms with van der Waals surface area (Å²) in [5.74, 6) is -0.00925. The number of ether oxygens (including phenoxy) is 1. The fourth-order valence-electron chi connectivity index (χ4n) is 3.48. The van der Waals surface area contributed by atoms with Crippen LogP contribution in [0.5, 0.6) is 0 Å². The average molecular weight is 359 g/mol. The Kier molecular flexibility index (Phi) is 3.99. The van der Waals surface area contributed by atoms with Crippen LogP contribution in [0.4, 0.5) is 10.1 Å². The normalized spacial score (nSPS) is 20.7. The van der Waals surface area contributed by atoms with Gasteiger partial charge in [0, 0.05) is 24.7 Å². The minimum Gasteiger partial charge on any atom is -0.372 e. The van der Waals surface area contributed by atoms with Crippen molar-refractivity contribution in [1.82, 2.24) is 10.3 Å². The van der Waals surface area contributed by atoms with E-state index in [1.807, 2.05) is 18.7 Å². The topological polar surface area (TPSA) is 81.6 Å². The molecule has 4 rings (SSSR count). The second-order valence-electron chi connectivity index (χ2n) is 6.64. The van der Waals surface area contributed by atoms with E-state index in [0.717, 1.165) is 0 Å². The maximum absolute atomic E-state index is 15.3. The van der Waals surface area contributed by atoms with Gasteiger partial charge in [0.15, 0.2) is 12.1 Å². The van der Waals surface area contributed by atoms with Crippen molar-refractivity contribution in [3.05, 3.63) is 29.3 Å². The average Bonchev–Trinajstić information content (AvgIpc) is 3.19. The lowest BCUT2D eigenvalue weighted by atomic mass is 10.0. The SMILES string of the molecule is Cc1cc(-c2noc3c(F)c(N4CC(C)OC(C)C4)c(C=O)cc23)no1. The number of carbonyl (C=O) groups is 1. The molecule has 2 aromatic heterocycles. The molecule has 1 aliphatic rings. The molecule has 0 radical (unpaired) electrons. The highest BCUT2D eigenvalue weighted by Crippen LogP contribution is 2.36. The summed E-state index contributed by atoms with van der Waals surface area (Å²) < 4.78 is 31.3. The molecule has 1 aromatic carbocycles. The number of benzene rings is 1. The molecule has 3 aromatic rings. The van der Waals surface area contributed by atoms with E-state index in [-0.39, 0.29) is 29.0 Å². The Morgan fingerprint density at radius 2 is 1.92 bits per heavy atom. The number of aryl methyl sites for hydroxylation is 1. The highest BCUT2D eigenvalue weighted by Gasteiger charge is 2.29. The molecular weight excluding hydrogens is 341 g/mol. The Balaban J connectivity index is 1.87. The first-order valence-corrected chi connectivity index (χ1v) is 8.39. The third kappa shape index (κ3) is 2.66. The van der Waals surface area contributed by atoms with Gasteiger partial charge in [-0.1, -0.05) is 10.3 Å². The molecule has 8 heteroatoms. The summed E-state index contributed by atoms with van der Waals surface area (Å²) in [5.41, 5.74) is 1.22. The predicted octanol–water partition coefficient (Wildman–Crippen LogP) is 3.36. The van der Waals surface area contributed by atoms with Gasteiger partial charge in [-0.05, 0) is 26.8 Å². The van der Waals surface area contributed by atoms with Crippen molar-refractivity contribution in [2.24, 2.45) is 0 Å². The molecule has 0 bridgehead atoms. The number of halogens is 1. The second-order valence-corrected chi connectivity index (χ2v) is 6.64. The van der Waals surface area contributed by atoms with Crippen molar-refractivity contribution >= 4 is 22.9 Å². The van der Waals surface area contributed by atoms with Crippen molar-refractivity contribution in [3.8, 4) is 11.4 Å². The zero-order valence-electron chi connectivity index (χ0n) is 14.7. The summed E-state index contributed by atoms with van der Waals surface area (Å²) in [6.45, 7) is 6.54. The molecule has 1 aliphatic heterocycles. The number of morpholine rings is 1. The molecule has 26 heavy (non-hydrogen) atoms. The summed E-state index contributed by atoms with van der Waals surface area (Å²) in [6.07, 6.45) is 0.501. The summed E-state index contributed by atoms with van der Waals surface area (Å²) >= 11 is 0. The highest BCUT2D eigenvalue weighted by atomic mass is 19.1. The van der Waals surface area contributed by atoms with Crippen LogP contribution in [-0.4, -0.2) is 41.9 Å². The number of aromatic nitrogens is 2. The van der Waals surface area contributed by atoms with Crippen LogP contribution in [0.1, 0.15) is 30.0 Å². The Morgan fingerprint density at radius 3 is 2.54 bits per heavy atom. The molecule has 2 atom stereocenters. The molecule has 0 amide bonds. The smallest absolute Gasteiger partial charge is 0.205 e. The van der Waals surface area contributed by atoms with Crippen molar-refractivity contribution < 1.29 is 23.0 Å². The highest BCUT2D eigenvalue weighted by molar-refractivity contribution is 5.99. The fourth-order valence-corrected chi connectivity index (χ4v) is 3.48. The molecule has 3 heterocycles. The molecule has 7 nitrogen and oxygen atoms in total. The number of aldehydes is 1. The molecule has 0 saturated carbocycles. The first-order chi connectivity index (χ1) is 12.5. The van der Waals surface area contributed by atoms with E-state index in [0.29, 0.717) is 41.9 Å². The summed E-state index contributed by atoms with van der Waals surface area (Å²) in [6, 6.07) is 3.26. The molecule has 2 unspecified atom stereocenters. The van der Waals surface area contributed by atoms with Gasteiger partial charge in [-0.25, -0.2) is 4.39 Å². The number of hydrogen-bond acceptors (Lipinski definition) is 7. The minimum absolute atomic E-state index is 0.00643. The van der Waals surface area contributed by atoms with E-state index < -0.39 is 5.82 Å². The molecule has 0 spiro atoms. The summed E-state index contributed by atoms with van der Waals surface area (Å²) in [4.78, 5) is 13.5. The fraction of sp³-hybridized carbons (Fsp3) is 0.389. The second kappa shape index (κ2) is 6.21. The van der Waals surface area contributed by atoms with Crippen LogP contribution in [0, 0.1) is 12.7 Å². The Hall–Kier alpha value is -2.74. The Labute approximate surface area is 148 Å². The summed E-state index contributed by atoms with van der Waals surface area (Å²) in [5, 5.41) is 8.21. The Morgan fingerprint density at radius 1 is 1.19 bits per heavy atom. The monoisotopic (exact) mass is 359 g/mol. The van der Waals surface area contributed by atoms with Gasteiger partial charge >= 0.3 is 0 Å². The zero-order chi connectivity index (χ0) is 18.4. The van der Waals surface area contributed by atoms with E-state index in [2.05, 4.69) is 10.3 Å². The van der Waals surface area contributed by atoms with Gasteiger partial charge in [-0.3, -0.25) is 4.79 Å². The third-order valence-electron chi connectivity index (χ3n) is 4.44. The van der Waals surface area contributed by atoms with Crippen molar-refractivity contribution in [2.45, 2.75) is 33.0 Å². The van der Waals surface area contributed by atoms with E-state index in [1.54, 1.807) is 19.1 Å². The first-order valence-electron chi connectivity index (χ1n) is 8.39. The van der Waals surface area contributed by atoms with Gasteiger partial charge in [0.25, 0.3) is 0 Å². The zero-order valence-corrected chi connectivity index (χ0v) is 14.7. The standard InChI is InChI=1S/C18H18FN3O4/c1-9-4-14(20-25-9)16-13-5-12(8-23)17(15(19)18(13)26-21-16)22-6-10(2)24-11(3)7-22/h4-5,8,10-11H,6-7H2,1-3H3. The van der Waals surface area contributed by atoms with Gasteiger partial charge in [0.1, 0.15) is 17.1 Å². The van der Waals surface area contributed by atoms with Gasteiger partial charge in [0.2, 0.25) is 5.58 Å². The number of rotatable bonds is 3. The third-order valence-corrected chi connectivity index (χ3v) is 4.44. The molecule has 0 N–H and O–H groups in total. The van der Waals surface area contributed by atoms with E-state index in [4.69, 9.17) is 13.8 Å². The van der Waals surface area contributed by atoms with Gasteiger partial charge < -0.3 is 18.7 Å².